The Morgan fingerprint density at radius 2 is 2.24 bits per heavy atom. The van der Waals surface area contributed by atoms with Crippen molar-refractivity contribution in [3.63, 3.8) is 0 Å². The highest BCUT2D eigenvalue weighted by molar-refractivity contribution is 9.10. The predicted molar refractivity (Wildman–Crippen MR) is 68.9 cm³/mol. The van der Waals surface area contributed by atoms with Crippen LogP contribution in [0.2, 0.25) is 0 Å². The summed E-state index contributed by atoms with van der Waals surface area (Å²) in [5.41, 5.74) is 0.781. The van der Waals surface area contributed by atoms with Crippen molar-refractivity contribution in [2.75, 3.05) is 13.4 Å². The number of halogens is 1. The normalized spacial score (nSPS) is 16.9. The van der Waals surface area contributed by atoms with E-state index in [-0.39, 0.29) is 6.79 Å². The average Bonchev–Trinajstić information content (AvgIpc) is 3.08. The molecule has 0 radical (unpaired) electrons. The Hall–Kier alpha value is -0.580. The second-order valence-corrected chi connectivity index (χ2v) is 5.35. The average molecular weight is 301 g/mol. The third kappa shape index (κ3) is 3.98. The molecule has 94 valence electrons. The summed E-state index contributed by atoms with van der Waals surface area (Å²) in [6, 6.07) is 5.59. The van der Waals surface area contributed by atoms with Crippen LogP contribution in [0.15, 0.2) is 22.7 Å². The van der Waals surface area contributed by atoms with Gasteiger partial charge in [0.15, 0.2) is 6.79 Å². The molecule has 0 spiro atoms. The molecule has 3 nitrogen and oxygen atoms in total. The lowest BCUT2D eigenvalue weighted by molar-refractivity contribution is 0.00828. The van der Waals surface area contributed by atoms with E-state index >= 15 is 0 Å². The van der Waals surface area contributed by atoms with Gasteiger partial charge in [0.2, 0.25) is 0 Å². The van der Waals surface area contributed by atoms with E-state index < -0.39 is 6.10 Å². The van der Waals surface area contributed by atoms with Crippen LogP contribution in [0.1, 0.15) is 31.4 Å². The van der Waals surface area contributed by atoms with Crippen molar-refractivity contribution in [3.05, 3.63) is 28.2 Å². The summed E-state index contributed by atoms with van der Waals surface area (Å²) in [6.45, 7) is 2.74. The minimum Gasteiger partial charge on any atom is -0.467 e. The molecular weight excluding hydrogens is 284 g/mol. The fourth-order valence-corrected chi connectivity index (χ4v) is 1.92. The van der Waals surface area contributed by atoms with Crippen LogP contribution in [0.5, 0.6) is 5.75 Å². The molecule has 1 aromatic carbocycles. The molecule has 0 bridgehead atoms. The summed E-state index contributed by atoms with van der Waals surface area (Å²) in [6.07, 6.45) is 2.01. The third-order valence-electron chi connectivity index (χ3n) is 2.77. The summed E-state index contributed by atoms with van der Waals surface area (Å²) < 4.78 is 11.9. The number of aliphatic hydroxyl groups excluding tert-OH is 1. The zero-order valence-electron chi connectivity index (χ0n) is 9.86. The Balaban J connectivity index is 1.89. The van der Waals surface area contributed by atoms with Gasteiger partial charge in [0, 0.05) is 10.0 Å². The summed E-state index contributed by atoms with van der Waals surface area (Å²) in [7, 11) is 0. The van der Waals surface area contributed by atoms with Gasteiger partial charge in [0.1, 0.15) is 5.75 Å². The topological polar surface area (TPSA) is 38.7 Å². The van der Waals surface area contributed by atoms with Gasteiger partial charge < -0.3 is 14.6 Å². The van der Waals surface area contributed by atoms with Crippen molar-refractivity contribution >= 4 is 15.9 Å². The molecule has 2 rings (SSSR count). The van der Waals surface area contributed by atoms with Gasteiger partial charge >= 0.3 is 0 Å². The Labute approximate surface area is 110 Å². The summed E-state index contributed by atoms with van der Waals surface area (Å²) >= 11 is 3.39. The zero-order valence-corrected chi connectivity index (χ0v) is 11.4. The van der Waals surface area contributed by atoms with Gasteiger partial charge in [-0.05, 0) is 37.8 Å². The Bertz CT molecular complexity index is 375. The van der Waals surface area contributed by atoms with E-state index in [1.54, 1.807) is 6.92 Å². The fourth-order valence-electron chi connectivity index (χ4n) is 1.58. The van der Waals surface area contributed by atoms with Crippen LogP contribution in [-0.4, -0.2) is 18.5 Å². The van der Waals surface area contributed by atoms with E-state index in [0.717, 1.165) is 22.6 Å². The maximum atomic E-state index is 9.61. The third-order valence-corrected chi connectivity index (χ3v) is 3.27. The van der Waals surface area contributed by atoms with Crippen LogP contribution < -0.4 is 4.74 Å². The van der Waals surface area contributed by atoms with E-state index in [9.17, 15) is 5.11 Å². The largest absolute Gasteiger partial charge is 0.467 e. The number of aliphatic hydroxyl groups is 1. The number of ether oxygens (including phenoxy) is 2. The maximum Gasteiger partial charge on any atom is 0.189 e. The molecule has 0 aromatic heterocycles. The van der Waals surface area contributed by atoms with Crippen molar-refractivity contribution in [2.24, 2.45) is 5.92 Å². The van der Waals surface area contributed by atoms with Crippen LogP contribution in [-0.2, 0) is 4.74 Å². The molecule has 1 aromatic rings. The zero-order chi connectivity index (χ0) is 12.3. The first kappa shape index (κ1) is 12.9. The molecule has 0 heterocycles. The molecule has 4 heteroatoms. The van der Waals surface area contributed by atoms with Gasteiger partial charge in [-0.1, -0.05) is 22.0 Å². The lowest BCUT2D eigenvalue weighted by Gasteiger charge is -2.13. The second kappa shape index (κ2) is 5.85. The van der Waals surface area contributed by atoms with Gasteiger partial charge in [-0.25, -0.2) is 0 Å². The highest BCUT2D eigenvalue weighted by Gasteiger charge is 2.21. The molecule has 1 saturated carbocycles. The highest BCUT2D eigenvalue weighted by atomic mass is 79.9. The first-order chi connectivity index (χ1) is 8.16. The minimum absolute atomic E-state index is 0.243. The number of hydrogen-bond donors (Lipinski definition) is 1. The highest BCUT2D eigenvalue weighted by Crippen LogP contribution is 2.30. The Morgan fingerprint density at radius 3 is 2.88 bits per heavy atom. The summed E-state index contributed by atoms with van der Waals surface area (Å²) in [4.78, 5) is 0. The van der Waals surface area contributed by atoms with E-state index in [1.807, 2.05) is 18.2 Å². The van der Waals surface area contributed by atoms with Crippen molar-refractivity contribution < 1.29 is 14.6 Å². The van der Waals surface area contributed by atoms with Crippen LogP contribution in [0.25, 0.3) is 0 Å². The molecule has 0 saturated heterocycles. The van der Waals surface area contributed by atoms with E-state index in [4.69, 9.17) is 9.47 Å². The van der Waals surface area contributed by atoms with Gasteiger partial charge in [0.05, 0.1) is 12.7 Å². The fraction of sp³-hybridized carbons (Fsp3) is 0.538. The van der Waals surface area contributed by atoms with Gasteiger partial charge in [-0.15, -0.1) is 0 Å². The number of rotatable bonds is 6. The monoisotopic (exact) mass is 300 g/mol. The van der Waals surface area contributed by atoms with Gasteiger partial charge in [0.25, 0.3) is 0 Å². The SMILES string of the molecule is CC(O)c1ccc(Br)cc1OCOCC1CC1. The Kier molecular flexibility index (Phi) is 4.42. The van der Waals surface area contributed by atoms with E-state index in [0.29, 0.717) is 5.75 Å². The van der Waals surface area contributed by atoms with Crippen molar-refractivity contribution in [1.29, 1.82) is 0 Å². The number of hydrogen-bond acceptors (Lipinski definition) is 3. The van der Waals surface area contributed by atoms with Gasteiger partial charge in [-0.2, -0.15) is 0 Å². The molecule has 17 heavy (non-hydrogen) atoms. The van der Waals surface area contributed by atoms with Crippen LogP contribution in [0.4, 0.5) is 0 Å². The van der Waals surface area contributed by atoms with E-state index in [2.05, 4.69) is 15.9 Å². The minimum atomic E-state index is -0.540. The summed E-state index contributed by atoms with van der Waals surface area (Å²) in [5, 5.41) is 9.61. The maximum absolute atomic E-state index is 9.61. The molecule has 0 amide bonds. The lowest BCUT2D eigenvalue weighted by atomic mass is 10.1. The molecular formula is C13H17BrO3. The van der Waals surface area contributed by atoms with Crippen LogP contribution in [0, 0.1) is 5.92 Å². The van der Waals surface area contributed by atoms with Crippen molar-refractivity contribution in [1.82, 2.24) is 0 Å². The lowest BCUT2D eigenvalue weighted by Crippen LogP contribution is -2.07. The van der Waals surface area contributed by atoms with Crippen molar-refractivity contribution in [3.8, 4) is 5.75 Å². The molecule has 1 atom stereocenters. The molecule has 1 unspecified atom stereocenters. The van der Waals surface area contributed by atoms with E-state index in [1.165, 1.54) is 12.8 Å². The second-order valence-electron chi connectivity index (χ2n) is 4.43. The Morgan fingerprint density at radius 1 is 1.47 bits per heavy atom. The molecule has 1 fully saturated rings. The molecule has 0 aliphatic heterocycles. The van der Waals surface area contributed by atoms with Crippen LogP contribution in [0.3, 0.4) is 0 Å². The first-order valence-electron chi connectivity index (χ1n) is 5.85. The smallest absolute Gasteiger partial charge is 0.189 e. The van der Waals surface area contributed by atoms with Gasteiger partial charge in [-0.3, -0.25) is 0 Å². The van der Waals surface area contributed by atoms with Crippen LogP contribution >= 0.6 is 15.9 Å². The summed E-state index contributed by atoms with van der Waals surface area (Å²) in [5.74, 6) is 1.41. The standard InChI is InChI=1S/C13H17BrO3/c1-9(15)12-5-4-11(14)6-13(12)17-8-16-7-10-2-3-10/h4-6,9-10,15H,2-3,7-8H2,1H3. The molecule has 1 aliphatic rings. The van der Waals surface area contributed by atoms with Crippen molar-refractivity contribution in [2.45, 2.75) is 25.9 Å². The molecule has 1 aliphatic carbocycles. The predicted octanol–water partition coefficient (Wildman–Crippen LogP) is 3.27. The first-order valence-corrected chi connectivity index (χ1v) is 6.64. The quantitative estimate of drug-likeness (QED) is 0.647. The molecule has 1 N–H and O–H groups in total. The number of benzene rings is 1.